The Morgan fingerprint density at radius 3 is 2.29 bits per heavy atom. The van der Waals surface area contributed by atoms with Crippen LogP contribution in [0.1, 0.15) is 26.3 Å². The summed E-state index contributed by atoms with van der Waals surface area (Å²) in [6.45, 7) is 6.13. The molecule has 0 fully saturated rings. The van der Waals surface area contributed by atoms with E-state index in [-0.39, 0.29) is 0 Å². The van der Waals surface area contributed by atoms with Crippen LogP contribution in [0.25, 0.3) is 5.57 Å². The zero-order chi connectivity index (χ0) is 10.6. The molecule has 0 bridgehead atoms. The van der Waals surface area contributed by atoms with Gasteiger partial charge in [-0.15, -0.1) is 0 Å². The largest absolute Gasteiger partial charge is 0.305 e. The van der Waals surface area contributed by atoms with E-state index in [4.69, 9.17) is 5.41 Å². The highest BCUT2D eigenvalue weighted by atomic mass is 14.4. The predicted octanol–water partition coefficient (Wildman–Crippen LogP) is 3.77. The fraction of sp³-hybridized carbons (Fsp3) is 0.308. The first-order valence-electron chi connectivity index (χ1n) is 4.93. The van der Waals surface area contributed by atoms with Gasteiger partial charge in [-0.25, -0.2) is 0 Å². The lowest BCUT2D eigenvalue weighted by atomic mass is 10.0. The van der Waals surface area contributed by atoms with Gasteiger partial charge in [0.15, 0.2) is 0 Å². The van der Waals surface area contributed by atoms with E-state index in [1.807, 2.05) is 45.0 Å². The van der Waals surface area contributed by atoms with Crippen molar-refractivity contribution in [3.63, 3.8) is 0 Å². The van der Waals surface area contributed by atoms with Crippen LogP contribution in [0.4, 0.5) is 0 Å². The maximum atomic E-state index is 7.75. The van der Waals surface area contributed by atoms with Gasteiger partial charge in [0.1, 0.15) is 0 Å². The highest BCUT2D eigenvalue weighted by Crippen LogP contribution is 2.13. The lowest BCUT2D eigenvalue weighted by Crippen LogP contribution is -2.02. The molecule has 0 spiro atoms. The summed E-state index contributed by atoms with van der Waals surface area (Å²) in [5.41, 5.74) is 3.04. The second kappa shape index (κ2) is 4.75. The van der Waals surface area contributed by atoms with Crippen molar-refractivity contribution in [2.24, 2.45) is 5.92 Å². The molecule has 1 rings (SSSR count). The molecule has 0 saturated carbocycles. The van der Waals surface area contributed by atoms with Gasteiger partial charge in [-0.2, -0.15) is 0 Å². The molecule has 0 heterocycles. The van der Waals surface area contributed by atoms with E-state index in [2.05, 4.69) is 12.1 Å². The second-order valence-electron chi connectivity index (χ2n) is 3.80. The first-order valence-corrected chi connectivity index (χ1v) is 4.93. The summed E-state index contributed by atoms with van der Waals surface area (Å²) in [5, 5.41) is 7.75. The topological polar surface area (TPSA) is 23.9 Å². The van der Waals surface area contributed by atoms with Crippen molar-refractivity contribution in [3.8, 4) is 0 Å². The van der Waals surface area contributed by atoms with Crippen molar-refractivity contribution < 1.29 is 0 Å². The predicted molar refractivity (Wildman–Crippen MR) is 62.7 cm³/mol. The molecule has 1 aromatic rings. The molecule has 0 atom stereocenters. The third-order valence-electron chi connectivity index (χ3n) is 2.22. The van der Waals surface area contributed by atoms with Crippen molar-refractivity contribution in [2.45, 2.75) is 20.8 Å². The van der Waals surface area contributed by atoms with Gasteiger partial charge in [0.2, 0.25) is 0 Å². The summed E-state index contributed by atoms with van der Waals surface area (Å²) < 4.78 is 0. The molecule has 0 unspecified atom stereocenters. The molecule has 0 aromatic heterocycles. The quantitative estimate of drug-likeness (QED) is 0.696. The third-order valence-corrected chi connectivity index (χ3v) is 2.22. The average molecular weight is 187 g/mol. The van der Waals surface area contributed by atoms with E-state index in [1.165, 1.54) is 5.56 Å². The van der Waals surface area contributed by atoms with Crippen molar-refractivity contribution in [3.05, 3.63) is 42.0 Å². The van der Waals surface area contributed by atoms with E-state index in [1.54, 1.807) is 0 Å². The molecule has 0 aliphatic rings. The Morgan fingerprint density at radius 1 is 1.21 bits per heavy atom. The average Bonchev–Trinajstić information content (AvgIpc) is 2.19. The van der Waals surface area contributed by atoms with E-state index in [9.17, 15) is 0 Å². The lowest BCUT2D eigenvalue weighted by Gasteiger charge is -2.05. The van der Waals surface area contributed by atoms with Crippen LogP contribution in [0.2, 0.25) is 0 Å². The van der Waals surface area contributed by atoms with Crippen molar-refractivity contribution in [1.82, 2.24) is 0 Å². The number of benzene rings is 1. The summed E-state index contributed by atoms with van der Waals surface area (Å²) in [4.78, 5) is 0. The Morgan fingerprint density at radius 2 is 1.79 bits per heavy atom. The number of allylic oxidation sites excluding steroid dienone is 2. The molecule has 1 heteroatoms. The molecule has 0 radical (unpaired) electrons. The number of nitrogens with one attached hydrogen (secondary N) is 1. The molecule has 1 nitrogen and oxygen atoms in total. The third kappa shape index (κ3) is 2.84. The molecule has 1 N–H and O–H groups in total. The molecule has 1 aromatic carbocycles. The highest BCUT2D eigenvalue weighted by Gasteiger charge is 2.00. The summed E-state index contributed by atoms with van der Waals surface area (Å²) >= 11 is 0. The van der Waals surface area contributed by atoms with Crippen molar-refractivity contribution >= 4 is 11.3 Å². The lowest BCUT2D eigenvalue weighted by molar-refractivity contribution is 0.882. The fourth-order valence-electron chi connectivity index (χ4n) is 1.18. The summed E-state index contributed by atoms with van der Waals surface area (Å²) in [6, 6.07) is 10.2. The SMILES string of the molecule is C/C(=C\C(=N)C(C)C)c1ccccc1. The van der Waals surface area contributed by atoms with Crippen LogP contribution in [-0.2, 0) is 0 Å². The van der Waals surface area contributed by atoms with Gasteiger partial charge >= 0.3 is 0 Å². The van der Waals surface area contributed by atoms with Gasteiger partial charge in [0.25, 0.3) is 0 Å². The Kier molecular flexibility index (Phi) is 3.63. The van der Waals surface area contributed by atoms with E-state index in [0.29, 0.717) is 11.6 Å². The van der Waals surface area contributed by atoms with Crippen LogP contribution >= 0.6 is 0 Å². The van der Waals surface area contributed by atoms with Gasteiger partial charge in [0.05, 0.1) is 0 Å². The van der Waals surface area contributed by atoms with Crippen LogP contribution < -0.4 is 0 Å². The number of hydrogen-bond donors (Lipinski definition) is 1. The van der Waals surface area contributed by atoms with Crippen molar-refractivity contribution in [2.75, 3.05) is 0 Å². The normalized spacial score (nSPS) is 11.9. The Labute approximate surface area is 86.0 Å². The molecule has 0 aliphatic carbocycles. The Balaban J connectivity index is 2.85. The summed E-state index contributed by atoms with van der Waals surface area (Å²) in [5.74, 6) is 0.300. The zero-order valence-corrected chi connectivity index (χ0v) is 9.04. The minimum Gasteiger partial charge on any atom is -0.305 e. The van der Waals surface area contributed by atoms with Crippen LogP contribution in [0.5, 0.6) is 0 Å². The maximum absolute atomic E-state index is 7.75. The summed E-state index contributed by atoms with van der Waals surface area (Å²) in [7, 11) is 0. The van der Waals surface area contributed by atoms with Crippen molar-refractivity contribution in [1.29, 1.82) is 5.41 Å². The van der Waals surface area contributed by atoms with Gasteiger partial charge in [0, 0.05) is 5.71 Å². The van der Waals surface area contributed by atoms with Gasteiger partial charge in [-0.1, -0.05) is 44.2 Å². The zero-order valence-electron chi connectivity index (χ0n) is 9.04. The minimum absolute atomic E-state index is 0.300. The van der Waals surface area contributed by atoms with Gasteiger partial charge in [-0.3, -0.25) is 0 Å². The van der Waals surface area contributed by atoms with Crippen LogP contribution in [0.15, 0.2) is 36.4 Å². The van der Waals surface area contributed by atoms with Crippen LogP contribution in [0.3, 0.4) is 0 Å². The fourth-order valence-corrected chi connectivity index (χ4v) is 1.18. The maximum Gasteiger partial charge on any atom is 0.0342 e. The van der Waals surface area contributed by atoms with E-state index < -0.39 is 0 Å². The molecule has 0 saturated heterocycles. The molecular weight excluding hydrogens is 170 g/mol. The minimum atomic E-state index is 0.300. The Hall–Kier alpha value is -1.37. The van der Waals surface area contributed by atoms with Crippen LogP contribution in [-0.4, -0.2) is 5.71 Å². The van der Waals surface area contributed by atoms with E-state index in [0.717, 1.165) is 5.57 Å². The monoisotopic (exact) mass is 187 g/mol. The van der Waals surface area contributed by atoms with Gasteiger partial charge < -0.3 is 5.41 Å². The molecule has 0 amide bonds. The van der Waals surface area contributed by atoms with Crippen LogP contribution in [0, 0.1) is 11.3 Å². The molecular formula is C13H17N. The Bertz CT molecular complexity index is 334. The first-order chi connectivity index (χ1) is 6.61. The van der Waals surface area contributed by atoms with E-state index >= 15 is 0 Å². The summed E-state index contributed by atoms with van der Waals surface area (Å²) in [6.07, 6.45) is 1.94. The second-order valence-corrected chi connectivity index (χ2v) is 3.80. The standard InChI is InChI=1S/C13H17N/c1-10(2)13(14)9-11(3)12-7-5-4-6-8-12/h4-10,14H,1-3H3/b11-9+,14-13?. The molecule has 14 heavy (non-hydrogen) atoms. The molecule has 0 aliphatic heterocycles. The number of rotatable bonds is 3. The number of hydrogen-bond acceptors (Lipinski definition) is 1. The van der Waals surface area contributed by atoms with Gasteiger partial charge in [-0.05, 0) is 30.1 Å². The molecule has 74 valence electrons. The first kappa shape index (κ1) is 10.7. The smallest absolute Gasteiger partial charge is 0.0342 e. The highest BCUT2D eigenvalue weighted by molar-refractivity contribution is 5.99.